The fourth-order valence-corrected chi connectivity index (χ4v) is 2.87. The highest BCUT2D eigenvalue weighted by molar-refractivity contribution is 5.42. The summed E-state index contributed by atoms with van der Waals surface area (Å²) in [4.78, 5) is 0. The number of hydrogen-bond acceptors (Lipinski definition) is 3. The van der Waals surface area contributed by atoms with Crippen molar-refractivity contribution in [1.82, 2.24) is 0 Å². The molecule has 2 N–H and O–H groups in total. The van der Waals surface area contributed by atoms with E-state index in [0.717, 1.165) is 5.56 Å². The maximum absolute atomic E-state index is 13.6. The molecule has 0 saturated carbocycles. The monoisotopic (exact) mass is 319 g/mol. The van der Waals surface area contributed by atoms with E-state index in [0.29, 0.717) is 37.5 Å². The smallest absolute Gasteiger partial charge is 0.138 e. The molecule has 0 unspecified atom stereocenters. The summed E-state index contributed by atoms with van der Waals surface area (Å²) in [5, 5.41) is 0. The number of benzene rings is 2. The van der Waals surface area contributed by atoms with E-state index in [1.54, 1.807) is 36.4 Å². The van der Waals surface area contributed by atoms with Crippen LogP contribution in [0.25, 0.3) is 0 Å². The van der Waals surface area contributed by atoms with Crippen LogP contribution in [0, 0.1) is 5.82 Å². The molecule has 0 spiro atoms. The van der Waals surface area contributed by atoms with Crippen LogP contribution in [0.4, 0.5) is 14.5 Å². The number of alkyl halides is 1. The number of nitrogens with two attached hydrogens (primary N) is 1. The normalized spacial score (nSPS) is 17.0. The van der Waals surface area contributed by atoms with Crippen molar-refractivity contribution in [2.75, 3.05) is 18.9 Å². The lowest BCUT2D eigenvalue weighted by molar-refractivity contribution is -0.0501. The van der Waals surface area contributed by atoms with Crippen LogP contribution in [0.1, 0.15) is 24.0 Å². The molecule has 2 aromatic rings. The molecule has 23 heavy (non-hydrogen) atoms. The molecule has 122 valence electrons. The summed E-state index contributed by atoms with van der Waals surface area (Å²) < 4.78 is 38.3. The van der Waals surface area contributed by atoms with Crippen LogP contribution in [-0.2, 0) is 17.0 Å². The number of hydrogen-bond donors (Lipinski definition) is 1. The molecule has 0 bridgehead atoms. The molecule has 1 aliphatic heterocycles. The van der Waals surface area contributed by atoms with Crippen molar-refractivity contribution in [2.45, 2.75) is 25.1 Å². The van der Waals surface area contributed by atoms with E-state index < -0.39 is 18.1 Å². The first-order valence-corrected chi connectivity index (χ1v) is 7.60. The molecule has 1 aliphatic rings. The Labute approximate surface area is 134 Å². The summed E-state index contributed by atoms with van der Waals surface area (Å²) >= 11 is 0. The highest BCUT2D eigenvalue weighted by Crippen LogP contribution is 2.38. The Balaban J connectivity index is 1.97. The summed E-state index contributed by atoms with van der Waals surface area (Å²) in [6.07, 6.45) is 1.24. The SMILES string of the molecule is Nc1ccc(OC2(c3ccc(F)c(CF)c3)CCOCC2)cc1. The molecule has 0 radical (unpaired) electrons. The Morgan fingerprint density at radius 1 is 1.09 bits per heavy atom. The van der Waals surface area contributed by atoms with Gasteiger partial charge < -0.3 is 15.2 Å². The van der Waals surface area contributed by atoms with Crippen molar-refractivity contribution >= 4 is 5.69 Å². The van der Waals surface area contributed by atoms with Gasteiger partial charge in [-0.3, -0.25) is 0 Å². The Hall–Kier alpha value is -2.14. The van der Waals surface area contributed by atoms with Crippen LogP contribution in [0.3, 0.4) is 0 Å². The molecule has 0 aromatic heterocycles. The molecule has 0 aliphatic carbocycles. The highest BCUT2D eigenvalue weighted by atomic mass is 19.1. The van der Waals surface area contributed by atoms with E-state index in [9.17, 15) is 8.78 Å². The van der Waals surface area contributed by atoms with Crippen molar-refractivity contribution < 1.29 is 18.3 Å². The molecule has 1 heterocycles. The number of anilines is 1. The fourth-order valence-electron chi connectivity index (χ4n) is 2.87. The van der Waals surface area contributed by atoms with Crippen molar-refractivity contribution in [3.63, 3.8) is 0 Å². The fraction of sp³-hybridized carbons (Fsp3) is 0.333. The molecular formula is C18H19F2NO2. The minimum atomic E-state index is -0.839. The lowest BCUT2D eigenvalue weighted by Crippen LogP contribution is -2.39. The van der Waals surface area contributed by atoms with Gasteiger partial charge in [0.2, 0.25) is 0 Å². The number of halogens is 2. The minimum Gasteiger partial charge on any atom is -0.482 e. The van der Waals surface area contributed by atoms with Gasteiger partial charge in [-0.1, -0.05) is 6.07 Å². The average molecular weight is 319 g/mol. The van der Waals surface area contributed by atoms with Gasteiger partial charge in [0, 0.05) is 24.1 Å². The van der Waals surface area contributed by atoms with Gasteiger partial charge in [0.15, 0.2) is 0 Å². The molecule has 2 aromatic carbocycles. The first-order chi connectivity index (χ1) is 11.1. The quantitative estimate of drug-likeness (QED) is 0.868. The second kappa shape index (κ2) is 6.54. The van der Waals surface area contributed by atoms with Crippen molar-refractivity contribution in [3.05, 3.63) is 59.4 Å². The first kappa shape index (κ1) is 15.7. The first-order valence-electron chi connectivity index (χ1n) is 7.60. The molecule has 5 heteroatoms. The number of ether oxygens (including phenoxy) is 2. The lowest BCUT2D eigenvalue weighted by atomic mass is 9.85. The van der Waals surface area contributed by atoms with Crippen molar-refractivity contribution in [2.24, 2.45) is 0 Å². The van der Waals surface area contributed by atoms with Gasteiger partial charge >= 0.3 is 0 Å². The van der Waals surface area contributed by atoms with Crippen LogP contribution in [-0.4, -0.2) is 13.2 Å². The van der Waals surface area contributed by atoms with E-state index in [1.807, 2.05) is 0 Å². The zero-order valence-electron chi connectivity index (χ0n) is 12.7. The summed E-state index contributed by atoms with van der Waals surface area (Å²) in [6, 6.07) is 11.6. The predicted molar refractivity (Wildman–Crippen MR) is 84.4 cm³/mol. The van der Waals surface area contributed by atoms with Gasteiger partial charge in [-0.25, -0.2) is 8.78 Å². The van der Waals surface area contributed by atoms with Crippen LogP contribution < -0.4 is 10.5 Å². The lowest BCUT2D eigenvalue weighted by Gasteiger charge is -2.38. The molecule has 0 atom stereocenters. The van der Waals surface area contributed by atoms with E-state index in [4.69, 9.17) is 15.2 Å². The Bertz CT molecular complexity index is 667. The van der Waals surface area contributed by atoms with Gasteiger partial charge in [-0.05, 0) is 42.0 Å². The molecular weight excluding hydrogens is 300 g/mol. The zero-order chi connectivity index (χ0) is 16.3. The van der Waals surface area contributed by atoms with E-state index in [2.05, 4.69) is 0 Å². The van der Waals surface area contributed by atoms with Gasteiger partial charge in [0.25, 0.3) is 0 Å². The number of nitrogen functional groups attached to an aromatic ring is 1. The third-order valence-corrected chi connectivity index (χ3v) is 4.21. The predicted octanol–water partition coefficient (Wildman–Crippen LogP) is 3.96. The summed E-state index contributed by atoms with van der Waals surface area (Å²) in [7, 11) is 0. The number of rotatable bonds is 4. The molecule has 1 fully saturated rings. The van der Waals surface area contributed by atoms with E-state index in [-0.39, 0.29) is 5.56 Å². The van der Waals surface area contributed by atoms with Crippen LogP contribution in [0.15, 0.2) is 42.5 Å². The Morgan fingerprint density at radius 3 is 2.43 bits per heavy atom. The summed E-state index contributed by atoms with van der Waals surface area (Å²) in [5.74, 6) is 0.137. The zero-order valence-corrected chi connectivity index (χ0v) is 12.7. The van der Waals surface area contributed by atoms with Crippen LogP contribution in [0.2, 0.25) is 0 Å². The molecule has 3 rings (SSSR count). The summed E-state index contributed by atoms with van der Waals surface area (Å²) in [6.45, 7) is 0.239. The van der Waals surface area contributed by atoms with Gasteiger partial charge in [0.05, 0.1) is 13.2 Å². The topological polar surface area (TPSA) is 44.5 Å². The molecule has 3 nitrogen and oxygen atoms in total. The second-order valence-corrected chi connectivity index (χ2v) is 5.72. The standard InChI is InChI=1S/C18H19F2NO2/c19-12-13-11-14(1-6-17(13)20)18(7-9-22-10-8-18)23-16-4-2-15(21)3-5-16/h1-6,11H,7-10,12,21H2. The van der Waals surface area contributed by atoms with Gasteiger partial charge in [-0.15, -0.1) is 0 Å². The average Bonchev–Trinajstić information content (AvgIpc) is 2.58. The second-order valence-electron chi connectivity index (χ2n) is 5.72. The highest BCUT2D eigenvalue weighted by Gasteiger charge is 2.37. The third-order valence-electron chi connectivity index (χ3n) is 4.21. The maximum atomic E-state index is 13.6. The summed E-state index contributed by atoms with van der Waals surface area (Å²) in [5.41, 5.74) is 6.53. The molecule has 0 amide bonds. The molecule has 1 saturated heterocycles. The van der Waals surface area contributed by atoms with Crippen LogP contribution in [0.5, 0.6) is 5.75 Å². The Morgan fingerprint density at radius 2 is 1.78 bits per heavy atom. The Kier molecular flexibility index (Phi) is 4.48. The largest absolute Gasteiger partial charge is 0.482 e. The van der Waals surface area contributed by atoms with Crippen LogP contribution >= 0.6 is 0 Å². The maximum Gasteiger partial charge on any atom is 0.138 e. The minimum absolute atomic E-state index is 0.0503. The third kappa shape index (κ3) is 3.29. The van der Waals surface area contributed by atoms with Gasteiger partial charge in [0.1, 0.15) is 23.8 Å². The van der Waals surface area contributed by atoms with Crippen molar-refractivity contribution in [3.8, 4) is 5.75 Å². The van der Waals surface area contributed by atoms with E-state index in [1.165, 1.54) is 6.07 Å². The van der Waals surface area contributed by atoms with E-state index >= 15 is 0 Å². The van der Waals surface area contributed by atoms with Gasteiger partial charge in [-0.2, -0.15) is 0 Å². The van der Waals surface area contributed by atoms with Crippen molar-refractivity contribution in [1.29, 1.82) is 0 Å².